The highest BCUT2D eigenvalue weighted by Gasteiger charge is 2.12. The van der Waals surface area contributed by atoms with Gasteiger partial charge in [0.1, 0.15) is 12.4 Å². The predicted octanol–water partition coefficient (Wildman–Crippen LogP) is 4.79. The third-order valence-electron chi connectivity index (χ3n) is 4.01. The first-order chi connectivity index (χ1) is 12.2. The Morgan fingerprint density at radius 2 is 1.88 bits per heavy atom. The summed E-state index contributed by atoms with van der Waals surface area (Å²) in [6.07, 6.45) is 0. The minimum atomic E-state index is 0.427. The second-order valence-electron chi connectivity index (χ2n) is 5.97. The van der Waals surface area contributed by atoms with Gasteiger partial charge in [0.05, 0.1) is 0 Å². The van der Waals surface area contributed by atoms with Gasteiger partial charge in [-0.3, -0.25) is 0 Å². The number of benzene rings is 2. The summed E-state index contributed by atoms with van der Waals surface area (Å²) in [5.74, 6) is 2.64. The Hall–Kier alpha value is -2.27. The fraction of sp³-hybridized carbons (Fsp3) is 0.300. The SMILES string of the molecule is CCn1c(COc2ccccc2C)nnc1SCc1cccc(C)c1. The molecule has 4 nitrogen and oxygen atoms in total. The molecule has 0 aliphatic heterocycles. The van der Waals surface area contributed by atoms with Crippen LogP contribution in [0.15, 0.2) is 53.7 Å². The van der Waals surface area contributed by atoms with Crippen LogP contribution in [0.1, 0.15) is 29.4 Å². The van der Waals surface area contributed by atoms with Gasteiger partial charge in [-0.1, -0.05) is 59.8 Å². The minimum absolute atomic E-state index is 0.427. The van der Waals surface area contributed by atoms with Crippen molar-refractivity contribution >= 4 is 11.8 Å². The largest absolute Gasteiger partial charge is 0.485 e. The Balaban J connectivity index is 1.67. The van der Waals surface area contributed by atoms with Crippen molar-refractivity contribution in [3.63, 3.8) is 0 Å². The van der Waals surface area contributed by atoms with E-state index >= 15 is 0 Å². The third kappa shape index (κ3) is 4.42. The molecule has 0 saturated carbocycles. The van der Waals surface area contributed by atoms with E-state index in [0.29, 0.717) is 6.61 Å². The summed E-state index contributed by atoms with van der Waals surface area (Å²) in [4.78, 5) is 0. The van der Waals surface area contributed by atoms with E-state index in [-0.39, 0.29) is 0 Å². The second-order valence-corrected chi connectivity index (χ2v) is 6.92. The molecule has 0 fully saturated rings. The molecule has 0 amide bonds. The fourth-order valence-corrected chi connectivity index (χ4v) is 3.62. The molecule has 0 aliphatic carbocycles. The van der Waals surface area contributed by atoms with Crippen LogP contribution < -0.4 is 4.74 Å². The molecule has 0 N–H and O–H groups in total. The standard InChI is InChI=1S/C20H23N3OS/c1-4-23-19(13-24-18-11-6-5-9-16(18)3)21-22-20(23)25-14-17-10-7-8-15(2)12-17/h5-12H,4,13-14H2,1-3H3. The normalized spacial score (nSPS) is 10.8. The van der Waals surface area contributed by atoms with Crippen molar-refractivity contribution in [3.05, 3.63) is 71.0 Å². The molecule has 1 aromatic heterocycles. The number of hydrogen-bond donors (Lipinski definition) is 0. The second kappa shape index (κ2) is 8.21. The van der Waals surface area contributed by atoms with E-state index in [1.165, 1.54) is 11.1 Å². The number of thioether (sulfide) groups is 1. The van der Waals surface area contributed by atoms with Gasteiger partial charge in [-0.05, 0) is 38.0 Å². The van der Waals surface area contributed by atoms with Crippen molar-refractivity contribution in [3.8, 4) is 5.75 Å². The van der Waals surface area contributed by atoms with Crippen LogP contribution in [0, 0.1) is 13.8 Å². The summed E-state index contributed by atoms with van der Waals surface area (Å²) >= 11 is 1.71. The van der Waals surface area contributed by atoms with E-state index in [1.807, 2.05) is 31.2 Å². The molecule has 3 aromatic rings. The molecule has 0 spiro atoms. The van der Waals surface area contributed by atoms with Gasteiger partial charge in [0, 0.05) is 12.3 Å². The van der Waals surface area contributed by atoms with Crippen LogP contribution in [-0.2, 0) is 18.9 Å². The van der Waals surface area contributed by atoms with Gasteiger partial charge < -0.3 is 9.30 Å². The average molecular weight is 353 g/mol. The zero-order chi connectivity index (χ0) is 17.6. The Kier molecular flexibility index (Phi) is 5.76. The first-order valence-electron chi connectivity index (χ1n) is 8.46. The first kappa shape index (κ1) is 17.5. The van der Waals surface area contributed by atoms with Crippen LogP contribution in [-0.4, -0.2) is 14.8 Å². The molecule has 0 atom stereocenters. The molecular weight excluding hydrogens is 330 g/mol. The molecule has 0 saturated heterocycles. The Labute approximate surface area is 153 Å². The van der Waals surface area contributed by atoms with Crippen molar-refractivity contribution in [1.29, 1.82) is 0 Å². The number of rotatable bonds is 7. The van der Waals surface area contributed by atoms with Crippen molar-refractivity contribution in [2.75, 3.05) is 0 Å². The summed E-state index contributed by atoms with van der Waals surface area (Å²) in [6, 6.07) is 16.6. The topological polar surface area (TPSA) is 39.9 Å². The highest BCUT2D eigenvalue weighted by atomic mass is 32.2. The molecule has 25 heavy (non-hydrogen) atoms. The van der Waals surface area contributed by atoms with E-state index in [9.17, 15) is 0 Å². The number of ether oxygens (including phenoxy) is 1. The van der Waals surface area contributed by atoms with Gasteiger partial charge >= 0.3 is 0 Å². The number of aromatic nitrogens is 3. The van der Waals surface area contributed by atoms with Crippen LogP contribution in [0.2, 0.25) is 0 Å². The monoisotopic (exact) mass is 353 g/mol. The van der Waals surface area contributed by atoms with E-state index < -0.39 is 0 Å². The van der Waals surface area contributed by atoms with Gasteiger partial charge in [0.25, 0.3) is 0 Å². The van der Waals surface area contributed by atoms with Crippen molar-refractivity contribution in [1.82, 2.24) is 14.8 Å². The van der Waals surface area contributed by atoms with Crippen LogP contribution in [0.5, 0.6) is 5.75 Å². The molecule has 5 heteroatoms. The highest BCUT2D eigenvalue weighted by Crippen LogP contribution is 2.23. The van der Waals surface area contributed by atoms with Gasteiger partial charge in [0.2, 0.25) is 0 Å². The van der Waals surface area contributed by atoms with Crippen LogP contribution in [0.3, 0.4) is 0 Å². The number of para-hydroxylation sites is 1. The summed E-state index contributed by atoms with van der Waals surface area (Å²) in [5, 5.41) is 9.62. The molecule has 1 heterocycles. The summed E-state index contributed by atoms with van der Waals surface area (Å²) in [5.41, 5.74) is 3.70. The lowest BCUT2D eigenvalue weighted by Gasteiger charge is -2.10. The average Bonchev–Trinajstić information content (AvgIpc) is 3.01. The highest BCUT2D eigenvalue weighted by molar-refractivity contribution is 7.98. The smallest absolute Gasteiger partial charge is 0.191 e. The quantitative estimate of drug-likeness (QED) is 0.573. The molecule has 0 bridgehead atoms. The minimum Gasteiger partial charge on any atom is -0.485 e. The lowest BCUT2D eigenvalue weighted by atomic mass is 10.2. The van der Waals surface area contributed by atoms with Crippen molar-refractivity contribution < 1.29 is 4.74 Å². The number of aryl methyl sites for hydroxylation is 2. The Morgan fingerprint density at radius 1 is 1.04 bits per heavy atom. The zero-order valence-corrected chi connectivity index (χ0v) is 15.7. The fourth-order valence-electron chi connectivity index (χ4n) is 2.66. The molecule has 2 aromatic carbocycles. The van der Waals surface area contributed by atoms with Gasteiger partial charge in [-0.2, -0.15) is 0 Å². The molecule has 0 aliphatic rings. The van der Waals surface area contributed by atoms with Crippen molar-refractivity contribution in [2.45, 2.75) is 44.8 Å². The lowest BCUT2D eigenvalue weighted by Crippen LogP contribution is -2.07. The van der Waals surface area contributed by atoms with Gasteiger partial charge in [0.15, 0.2) is 11.0 Å². The third-order valence-corrected chi connectivity index (χ3v) is 5.05. The molecular formula is C20H23N3OS. The van der Waals surface area contributed by atoms with Gasteiger partial charge in [-0.25, -0.2) is 0 Å². The molecule has 0 radical (unpaired) electrons. The summed E-state index contributed by atoms with van der Waals surface area (Å²) < 4.78 is 8.05. The summed E-state index contributed by atoms with van der Waals surface area (Å²) in [6.45, 7) is 7.52. The lowest BCUT2D eigenvalue weighted by molar-refractivity contribution is 0.286. The number of hydrogen-bond acceptors (Lipinski definition) is 4. The van der Waals surface area contributed by atoms with Gasteiger partial charge in [-0.15, -0.1) is 10.2 Å². The zero-order valence-electron chi connectivity index (χ0n) is 14.9. The predicted molar refractivity (Wildman–Crippen MR) is 102 cm³/mol. The van der Waals surface area contributed by atoms with E-state index in [1.54, 1.807) is 11.8 Å². The van der Waals surface area contributed by atoms with E-state index in [4.69, 9.17) is 4.74 Å². The maximum Gasteiger partial charge on any atom is 0.191 e. The van der Waals surface area contributed by atoms with Crippen LogP contribution >= 0.6 is 11.8 Å². The molecule has 3 rings (SSSR count). The maximum absolute atomic E-state index is 5.92. The maximum atomic E-state index is 5.92. The van der Waals surface area contributed by atoms with Crippen LogP contribution in [0.4, 0.5) is 0 Å². The van der Waals surface area contributed by atoms with E-state index in [0.717, 1.165) is 34.6 Å². The van der Waals surface area contributed by atoms with Crippen molar-refractivity contribution in [2.24, 2.45) is 0 Å². The van der Waals surface area contributed by atoms with Crippen LogP contribution in [0.25, 0.3) is 0 Å². The molecule has 0 unspecified atom stereocenters. The first-order valence-corrected chi connectivity index (χ1v) is 9.44. The summed E-state index contributed by atoms with van der Waals surface area (Å²) in [7, 11) is 0. The molecule has 130 valence electrons. The Bertz CT molecular complexity index is 844. The van der Waals surface area contributed by atoms with E-state index in [2.05, 4.69) is 52.9 Å². The number of nitrogens with zero attached hydrogens (tertiary/aromatic N) is 3. The Morgan fingerprint density at radius 3 is 2.64 bits per heavy atom.